The van der Waals surface area contributed by atoms with E-state index in [1.165, 1.54) is 0 Å². The van der Waals surface area contributed by atoms with Gasteiger partial charge in [0.2, 0.25) is 11.8 Å². The summed E-state index contributed by atoms with van der Waals surface area (Å²) in [5.74, 6) is 0.188. The largest absolute Gasteiger partial charge is 0.481 e. The summed E-state index contributed by atoms with van der Waals surface area (Å²) in [4.78, 5) is 10.7. The summed E-state index contributed by atoms with van der Waals surface area (Å²) in [7, 11) is 0. The predicted molar refractivity (Wildman–Crippen MR) is 64.2 cm³/mol. The van der Waals surface area contributed by atoms with Crippen molar-refractivity contribution in [1.82, 2.24) is 10.2 Å². The Bertz CT molecular complexity index is 387. The molecule has 0 aliphatic carbocycles. The van der Waals surface area contributed by atoms with Crippen molar-refractivity contribution in [2.24, 2.45) is 5.41 Å². The monoisotopic (exact) mass is 256 g/mol. The van der Waals surface area contributed by atoms with Crippen LogP contribution in [0.25, 0.3) is 0 Å². The van der Waals surface area contributed by atoms with Gasteiger partial charge in [0.15, 0.2) is 0 Å². The number of rotatable bonds is 8. The predicted octanol–water partition coefficient (Wildman–Crippen LogP) is 1.69. The van der Waals surface area contributed by atoms with Crippen LogP contribution in [0.2, 0.25) is 0 Å². The number of aliphatic carboxylic acids is 1. The van der Waals surface area contributed by atoms with Crippen LogP contribution in [0.1, 0.15) is 39.0 Å². The average Bonchev–Trinajstić information content (AvgIpc) is 2.63. The zero-order valence-electron chi connectivity index (χ0n) is 11.1. The Morgan fingerprint density at radius 1 is 1.39 bits per heavy atom. The Morgan fingerprint density at radius 3 is 2.67 bits per heavy atom. The molecule has 0 bridgehead atoms. The fraction of sp³-hybridized carbons (Fsp3) is 0.750. The maximum absolute atomic E-state index is 10.7. The van der Waals surface area contributed by atoms with E-state index >= 15 is 0 Å². The van der Waals surface area contributed by atoms with E-state index in [2.05, 4.69) is 10.2 Å². The summed E-state index contributed by atoms with van der Waals surface area (Å²) in [6.07, 6.45) is 1.12. The number of carboxylic acids is 1. The van der Waals surface area contributed by atoms with Gasteiger partial charge >= 0.3 is 5.97 Å². The highest BCUT2D eigenvalue weighted by Crippen LogP contribution is 2.25. The SMILES string of the molecule is CCOCCc1nnc(CC(C)(C)CC(=O)O)o1. The Kier molecular flexibility index (Phi) is 5.27. The van der Waals surface area contributed by atoms with E-state index < -0.39 is 11.4 Å². The van der Waals surface area contributed by atoms with E-state index in [4.69, 9.17) is 14.3 Å². The second kappa shape index (κ2) is 6.49. The van der Waals surface area contributed by atoms with Gasteiger partial charge in [0.05, 0.1) is 13.0 Å². The highest BCUT2D eigenvalue weighted by molar-refractivity contribution is 5.67. The van der Waals surface area contributed by atoms with Gasteiger partial charge in [-0.1, -0.05) is 13.8 Å². The molecule has 1 N–H and O–H groups in total. The van der Waals surface area contributed by atoms with Crippen molar-refractivity contribution in [3.8, 4) is 0 Å². The van der Waals surface area contributed by atoms with Crippen molar-refractivity contribution in [1.29, 1.82) is 0 Å². The van der Waals surface area contributed by atoms with Crippen LogP contribution in [0.4, 0.5) is 0 Å². The fourth-order valence-corrected chi connectivity index (χ4v) is 1.65. The minimum absolute atomic E-state index is 0.0731. The number of ether oxygens (including phenoxy) is 1. The molecule has 1 heterocycles. The maximum Gasteiger partial charge on any atom is 0.303 e. The molecule has 0 unspecified atom stereocenters. The molecule has 6 nitrogen and oxygen atoms in total. The fourth-order valence-electron chi connectivity index (χ4n) is 1.65. The lowest BCUT2D eigenvalue weighted by Crippen LogP contribution is -2.19. The number of carbonyl (C=O) groups is 1. The number of nitrogens with zero attached hydrogens (tertiary/aromatic N) is 2. The van der Waals surface area contributed by atoms with Crippen LogP contribution in [0.3, 0.4) is 0 Å². The van der Waals surface area contributed by atoms with E-state index in [0.717, 1.165) is 0 Å². The van der Waals surface area contributed by atoms with Crippen molar-refractivity contribution in [3.05, 3.63) is 11.8 Å². The molecule has 0 amide bonds. The van der Waals surface area contributed by atoms with Gasteiger partial charge in [-0.25, -0.2) is 0 Å². The maximum atomic E-state index is 10.7. The van der Waals surface area contributed by atoms with Gasteiger partial charge in [-0.15, -0.1) is 10.2 Å². The van der Waals surface area contributed by atoms with Gasteiger partial charge in [-0.3, -0.25) is 4.79 Å². The number of carboxylic acid groups (broad SMARTS) is 1. The van der Waals surface area contributed by atoms with Gasteiger partial charge in [-0.05, 0) is 12.3 Å². The van der Waals surface area contributed by atoms with Crippen molar-refractivity contribution in [2.75, 3.05) is 13.2 Å². The van der Waals surface area contributed by atoms with Crippen molar-refractivity contribution < 1.29 is 19.1 Å². The molecule has 0 aliphatic rings. The topological polar surface area (TPSA) is 85.5 Å². The van der Waals surface area contributed by atoms with Crippen LogP contribution in [0.5, 0.6) is 0 Å². The molecule has 0 aliphatic heterocycles. The molecule has 1 aromatic heterocycles. The third-order valence-electron chi connectivity index (χ3n) is 2.43. The molecular formula is C12H20N2O4. The van der Waals surface area contributed by atoms with Crippen LogP contribution in [0, 0.1) is 5.41 Å². The molecule has 0 radical (unpaired) electrons. The number of aromatic nitrogens is 2. The lowest BCUT2D eigenvalue weighted by atomic mass is 9.86. The molecule has 0 atom stereocenters. The molecule has 1 aromatic rings. The molecule has 18 heavy (non-hydrogen) atoms. The van der Waals surface area contributed by atoms with Gasteiger partial charge in [0, 0.05) is 19.4 Å². The van der Waals surface area contributed by atoms with Crippen LogP contribution < -0.4 is 0 Å². The van der Waals surface area contributed by atoms with E-state index in [1.807, 2.05) is 20.8 Å². The van der Waals surface area contributed by atoms with Crippen molar-refractivity contribution >= 4 is 5.97 Å². The third-order valence-corrected chi connectivity index (χ3v) is 2.43. The summed E-state index contributed by atoms with van der Waals surface area (Å²) in [5.41, 5.74) is -0.393. The van der Waals surface area contributed by atoms with E-state index in [1.54, 1.807) is 0 Å². The Hall–Kier alpha value is -1.43. The molecule has 0 saturated heterocycles. The van der Waals surface area contributed by atoms with E-state index in [-0.39, 0.29) is 6.42 Å². The molecule has 0 spiro atoms. The van der Waals surface area contributed by atoms with Crippen LogP contribution in [0.15, 0.2) is 4.42 Å². The first-order chi connectivity index (χ1) is 8.43. The summed E-state index contributed by atoms with van der Waals surface area (Å²) in [6.45, 7) is 6.87. The zero-order chi connectivity index (χ0) is 13.6. The lowest BCUT2D eigenvalue weighted by molar-refractivity contribution is -0.139. The smallest absolute Gasteiger partial charge is 0.303 e. The summed E-state index contributed by atoms with van der Waals surface area (Å²) >= 11 is 0. The highest BCUT2D eigenvalue weighted by atomic mass is 16.5. The summed E-state index contributed by atoms with van der Waals surface area (Å²) < 4.78 is 10.6. The quantitative estimate of drug-likeness (QED) is 0.712. The second-order valence-corrected chi connectivity index (χ2v) is 4.95. The third kappa shape index (κ3) is 5.27. The minimum Gasteiger partial charge on any atom is -0.481 e. The lowest BCUT2D eigenvalue weighted by Gasteiger charge is -2.19. The number of hydrogen-bond donors (Lipinski definition) is 1. The first kappa shape index (κ1) is 14.6. The van der Waals surface area contributed by atoms with E-state index in [0.29, 0.717) is 37.8 Å². The minimum atomic E-state index is -0.823. The molecule has 1 rings (SSSR count). The van der Waals surface area contributed by atoms with Gasteiger partial charge < -0.3 is 14.3 Å². The highest BCUT2D eigenvalue weighted by Gasteiger charge is 2.25. The van der Waals surface area contributed by atoms with Crippen LogP contribution >= 0.6 is 0 Å². The Labute approximate surface area is 106 Å². The number of hydrogen-bond acceptors (Lipinski definition) is 5. The normalized spacial score (nSPS) is 11.7. The molecule has 0 aromatic carbocycles. The summed E-state index contributed by atoms with van der Waals surface area (Å²) in [5, 5.41) is 16.6. The van der Waals surface area contributed by atoms with Crippen LogP contribution in [-0.2, 0) is 22.4 Å². The standard InChI is InChI=1S/C12H20N2O4/c1-4-17-6-5-9-13-14-10(18-9)7-12(2,3)8-11(15)16/h4-8H2,1-3H3,(H,15,16). The molecule has 6 heteroatoms. The van der Waals surface area contributed by atoms with Gasteiger partial charge in [0.1, 0.15) is 0 Å². The summed E-state index contributed by atoms with van der Waals surface area (Å²) in [6, 6.07) is 0. The molecule has 0 saturated carbocycles. The average molecular weight is 256 g/mol. The Morgan fingerprint density at radius 2 is 2.06 bits per heavy atom. The molecular weight excluding hydrogens is 236 g/mol. The molecule has 0 fully saturated rings. The zero-order valence-corrected chi connectivity index (χ0v) is 11.1. The molecule has 102 valence electrons. The first-order valence-electron chi connectivity index (χ1n) is 6.04. The van der Waals surface area contributed by atoms with Gasteiger partial charge in [0.25, 0.3) is 0 Å². The van der Waals surface area contributed by atoms with Crippen molar-refractivity contribution in [3.63, 3.8) is 0 Å². The Balaban J connectivity index is 2.50. The second-order valence-electron chi connectivity index (χ2n) is 4.95. The van der Waals surface area contributed by atoms with Crippen molar-refractivity contribution in [2.45, 2.75) is 40.0 Å². The van der Waals surface area contributed by atoms with E-state index in [9.17, 15) is 4.79 Å². The van der Waals surface area contributed by atoms with Crippen LogP contribution in [-0.4, -0.2) is 34.5 Å². The first-order valence-corrected chi connectivity index (χ1v) is 6.04. The van der Waals surface area contributed by atoms with Gasteiger partial charge in [-0.2, -0.15) is 0 Å².